The quantitative estimate of drug-likeness (QED) is 0.441. The highest BCUT2D eigenvalue weighted by molar-refractivity contribution is 5.07. The molecule has 0 aromatic carbocycles. The van der Waals surface area contributed by atoms with Crippen molar-refractivity contribution in [3.05, 3.63) is 17.5 Å². The molecule has 0 amide bonds. The number of hydrogen-bond acceptors (Lipinski definition) is 5. The molecule has 0 aliphatic heterocycles. The summed E-state index contributed by atoms with van der Waals surface area (Å²) in [4.78, 5) is 1.47. The summed E-state index contributed by atoms with van der Waals surface area (Å²) in [5.74, 6) is 6.33. The second-order valence-electron chi connectivity index (χ2n) is 4.58. The van der Waals surface area contributed by atoms with Crippen molar-refractivity contribution in [1.82, 2.24) is 25.6 Å². The Bertz CT molecular complexity index is 383. The molecule has 1 aliphatic carbocycles. The minimum atomic E-state index is 0.198. The number of hydrogen-bond donors (Lipinski definition) is 2. The number of hydrazine groups is 1. The lowest BCUT2D eigenvalue weighted by molar-refractivity contribution is 0.494. The number of aromatic nitrogens is 4. The van der Waals surface area contributed by atoms with Gasteiger partial charge in [-0.25, -0.2) is 0 Å². The Hall–Kier alpha value is -1.27. The van der Waals surface area contributed by atoms with E-state index in [0.29, 0.717) is 0 Å². The third-order valence-corrected chi connectivity index (χ3v) is 3.11. The van der Waals surface area contributed by atoms with Gasteiger partial charge in [-0.05, 0) is 37.3 Å². The fourth-order valence-corrected chi connectivity index (χ4v) is 2.22. The molecule has 1 aromatic heterocycles. The number of rotatable bonds is 5. The molecule has 0 fully saturated rings. The number of nitrogens with zero attached hydrogens (tertiary/aromatic N) is 4. The fourth-order valence-electron chi connectivity index (χ4n) is 2.22. The molecule has 2 rings (SSSR count). The highest BCUT2D eigenvalue weighted by atomic mass is 15.6. The number of nitrogens with two attached hydrogens (primary N) is 1. The minimum Gasteiger partial charge on any atom is -0.271 e. The molecule has 1 atom stereocenters. The summed E-state index contributed by atoms with van der Waals surface area (Å²) in [5.41, 5.74) is 4.35. The van der Waals surface area contributed by atoms with Gasteiger partial charge in [-0.1, -0.05) is 11.6 Å². The first-order valence-electron chi connectivity index (χ1n) is 6.15. The van der Waals surface area contributed by atoms with Gasteiger partial charge in [0.15, 0.2) is 5.82 Å². The summed E-state index contributed by atoms with van der Waals surface area (Å²) in [6.07, 6.45) is 9.07. The molecule has 17 heavy (non-hydrogen) atoms. The molecule has 1 unspecified atom stereocenters. The molecule has 0 bridgehead atoms. The van der Waals surface area contributed by atoms with Crippen molar-refractivity contribution in [2.24, 2.45) is 12.9 Å². The van der Waals surface area contributed by atoms with Crippen molar-refractivity contribution in [3.63, 3.8) is 0 Å². The summed E-state index contributed by atoms with van der Waals surface area (Å²) in [6, 6.07) is 0.198. The Labute approximate surface area is 101 Å². The van der Waals surface area contributed by atoms with Crippen LogP contribution in [0.15, 0.2) is 11.6 Å². The second kappa shape index (κ2) is 5.88. The molecule has 0 radical (unpaired) electrons. The molecule has 94 valence electrons. The Kier molecular flexibility index (Phi) is 4.22. The molecule has 1 heterocycles. The van der Waals surface area contributed by atoms with Crippen molar-refractivity contribution in [1.29, 1.82) is 0 Å². The lowest BCUT2D eigenvalue weighted by Gasteiger charge is -2.18. The summed E-state index contributed by atoms with van der Waals surface area (Å²) < 4.78 is 0. The molecule has 0 spiro atoms. The normalized spacial score (nSPS) is 17.9. The van der Waals surface area contributed by atoms with E-state index >= 15 is 0 Å². The maximum Gasteiger partial charge on any atom is 0.176 e. The zero-order chi connectivity index (χ0) is 12.1. The van der Waals surface area contributed by atoms with Gasteiger partial charge in [0.05, 0.1) is 7.05 Å². The maximum atomic E-state index is 5.58. The van der Waals surface area contributed by atoms with Gasteiger partial charge in [0.25, 0.3) is 0 Å². The number of nitrogens with one attached hydrogen (secondary N) is 1. The molecule has 1 aromatic rings. The van der Waals surface area contributed by atoms with Gasteiger partial charge in [-0.3, -0.25) is 11.3 Å². The first kappa shape index (κ1) is 12.2. The SMILES string of the molecule is Cn1nnc(CC(CC2=CCCCC2)NN)n1. The lowest BCUT2D eigenvalue weighted by atomic mass is 9.93. The van der Waals surface area contributed by atoms with E-state index in [2.05, 4.69) is 26.9 Å². The van der Waals surface area contributed by atoms with Gasteiger partial charge in [-0.2, -0.15) is 4.80 Å². The Morgan fingerprint density at radius 2 is 2.35 bits per heavy atom. The average Bonchev–Trinajstić information content (AvgIpc) is 2.75. The van der Waals surface area contributed by atoms with Crippen molar-refractivity contribution >= 4 is 0 Å². The van der Waals surface area contributed by atoms with Crippen LogP contribution in [0.2, 0.25) is 0 Å². The van der Waals surface area contributed by atoms with E-state index < -0.39 is 0 Å². The summed E-state index contributed by atoms with van der Waals surface area (Å²) >= 11 is 0. The summed E-state index contributed by atoms with van der Waals surface area (Å²) in [7, 11) is 1.77. The molecule has 6 heteroatoms. The molecular formula is C11H20N6. The van der Waals surface area contributed by atoms with Crippen molar-refractivity contribution < 1.29 is 0 Å². The second-order valence-corrected chi connectivity index (χ2v) is 4.58. The molecule has 6 nitrogen and oxygen atoms in total. The van der Waals surface area contributed by atoms with E-state index in [1.54, 1.807) is 7.05 Å². The van der Waals surface area contributed by atoms with Crippen LogP contribution >= 0.6 is 0 Å². The van der Waals surface area contributed by atoms with Crippen LogP contribution in [-0.2, 0) is 13.5 Å². The number of tetrazole rings is 1. The Balaban J connectivity index is 1.90. The summed E-state index contributed by atoms with van der Waals surface area (Å²) in [5, 5.41) is 12.0. The maximum absolute atomic E-state index is 5.58. The van der Waals surface area contributed by atoms with E-state index in [0.717, 1.165) is 18.7 Å². The van der Waals surface area contributed by atoms with Crippen LogP contribution in [0, 0.1) is 0 Å². The van der Waals surface area contributed by atoms with Gasteiger partial charge < -0.3 is 0 Å². The highest BCUT2D eigenvalue weighted by Crippen LogP contribution is 2.21. The van der Waals surface area contributed by atoms with E-state index in [4.69, 9.17) is 5.84 Å². The van der Waals surface area contributed by atoms with Crippen LogP contribution in [0.5, 0.6) is 0 Å². The largest absolute Gasteiger partial charge is 0.271 e. The first-order valence-corrected chi connectivity index (χ1v) is 6.15. The average molecular weight is 236 g/mol. The zero-order valence-electron chi connectivity index (χ0n) is 10.3. The highest BCUT2D eigenvalue weighted by Gasteiger charge is 2.14. The molecule has 0 saturated heterocycles. The predicted molar refractivity (Wildman–Crippen MR) is 64.8 cm³/mol. The van der Waals surface area contributed by atoms with Crippen LogP contribution in [0.3, 0.4) is 0 Å². The van der Waals surface area contributed by atoms with Crippen LogP contribution in [0.25, 0.3) is 0 Å². The molecule has 1 aliphatic rings. The Morgan fingerprint density at radius 1 is 1.47 bits per heavy atom. The monoisotopic (exact) mass is 236 g/mol. The first-order chi connectivity index (χ1) is 8.28. The van der Waals surface area contributed by atoms with Crippen LogP contribution in [-0.4, -0.2) is 26.2 Å². The lowest BCUT2D eigenvalue weighted by Crippen LogP contribution is -2.37. The van der Waals surface area contributed by atoms with E-state index in [-0.39, 0.29) is 6.04 Å². The van der Waals surface area contributed by atoms with Gasteiger partial charge in [0, 0.05) is 12.5 Å². The topological polar surface area (TPSA) is 81.7 Å². The van der Waals surface area contributed by atoms with Crippen LogP contribution in [0.4, 0.5) is 0 Å². The minimum absolute atomic E-state index is 0.198. The van der Waals surface area contributed by atoms with E-state index in [9.17, 15) is 0 Å². The molecule has 0 saturated carbocycles. The summed E-state index contributed by atoms with van der Waals surface area (Å²) in [6.45, 7) is 0. The van der Waals surface area contributed by atoms with Gasteiger partial charge in [-0.15, -0.1) is 10.2 Å². The number of allylic oxidation sites excluding steroid dienone is 1. The fraction of sp³-hybridized carbons (Fsp3) is 0.727. The van der Waals surface area contributed by atoms with Crippen molar-refractivity contribution in [2.75, 3.05) is 0 Å². The molecule has 3 N–H and O–H groups in total. The van der Waals surface area contributed by atoms with Crippen LogP contribution in [0.1, 0.15) is 37.9 Å². The van der Waals surface area contributed by atoms with Gasteiger partial charge >= 0.3 is 0 Å². The van der Waals surface area contributed by atoms with Crippen LogP contribution < -0.4 is 11.3 Å². The third kappa shape index (κ3) is 3.61. The number of aryl methyl sites for hydroxylation is 1. The molecular weight excluding hydrogens is 216 g/mol. The standard InChI is InChI=1S/C11H20N6/c1-17-15-11(14-16-17)8-10(13-12)7-9-5-3-2-4-6-9/h5,10,13H,2-4,6-8,12H2,1H3. The Morgan fingerprint density at radius 3 is 2.94 bits per heavy atom. The zero-order valence-corrected chi connectivity index (χ0v) is 10.3. The van der Waals surface area contributed by atoms with E-state index in [1.165, 1.54) is 36.1 Å². The van der Waals surface area contributed by atoms with Crippen molar-refractivity contribution in [3.8, 4) is 0 Å². The van der Waals surface area contributed by atoms with Crippen molar-refractivity contribution in [2.45, 2.75) is 44.6 Å². The van der Waals surface area contributed by atoms with E-state index in [1.807, 2.05) is 0 Å². The van der Waals surface area contributed by atoms with Gasteiger partial charge in [0.2, 0.25) is 0 Å². The predicted octanol–water partition coefficient (Wildman–Crippen LogP) is 0.475. The smallest absolute Gasteiger partial charge is 0.176 e. The third-order valence-electron chi connectivity index (χ3n) is 3.11. The van der Waals surface area contributed by atoms with Gasteiger partial charge in [0.1, 0.15) is 0 Å².